The highest BCUT2D eigenvalue weighted by molar-refractivity contribution is 5.94. The molecule has 5 aromatic rings. The third-order valence-corrected chi connectivity index (χ3v) is 5.41. The van der Waals surface area contributed by atoms with Crippen LogP contribution in [-0.4, -0.2) is 24.7 Å². The Morgan fingerprint density at radius 2 is 1.81 bits per heavy atom. The maximum Gasteiger partial charge on any atom is 0.251 e. The summed E-state index contributed by atoms with van der Waals surface area (Å²) < 4.78 is 9.85. The Morgan fingerprint density at radius 3 is 2.59 bits per heavy atom. The zero-order chi connectivity index (χ0) is 22.1. The van der Waals surface area contributed by atoms with Crippen molar-refractivity contribution in [1.29, 1.82) is 0 Å². The monoisotopic (exact) mass is 425 g/mol. The average Bonchev–Trinajstić information content (AvgIpc) is 3.42. The summed E-state index contributed by atoms with van der Waals surface area (Å²) in [7, 11) is 0. The van der Waals surface area contributed by atoms with Gasteiger partial charge in [-0.25, -0.2) is 9.97 Å². The zero-order valence-electron chi connectivity index (χ0n) is 17.9. The first-order valence-electron chi connectivity index (χ1n) is 10.4. The van der Waals surface area contributed by atoms with Gasteiger partial charge in [-0.3, -0.25) is 4.79 Å². The van der Waals surface area contributed by atoms with Crippen LogP contribution in [-0.2, 0) is 13.2 Å². The molecule has 0 unspecified atom stereocenters. The van der Waals surface area contributed by atoms with Crippen LogP contribution in [0.25, 0.3) is 11.3 Å². The van der Waals surface area contributed by atoms with E-state index in [4.69, 9.17) is 4.74 Å². The highest BCUT2D eigenvalue weighted by atomic mass is 16.5. The number of nitrogens with zero attached hydrogens (tertiary/aromatic N) is 4. The minimum atomic E-state index is -0.152. The van der Waals surface area contributed by atoms with Gasteiger partial charge in [0.05, 0.1) is 17.9 Å². The third kappa shape index (κ3) is 3.92. The van der Waals surface area contributed by atoms with Gasteiger partial charge in [-0.15, -0.1) is 0 Å². The molecular formula is C25H23N5O2. The number of amides is 1. The number of rotatable bonds is 6. The number of pyridine rings is 2. The summed E-state index contributed by atoms with van der Waals surface area (Å²) in [5.74, 6) is 0.535. The summed E-state index contributed by atoms with van der Waals surface area (Å²) in [5, 5.41) is 2.92. The van der Waals surface area contributed by atoms with E-state index in [0.29, 0.717) is 24.5 Å². The Kier molecular flexibility index (Phi) is 5.07. The van der Waals surface area contributed by atoms with Crippen LogP contribution >= 0.6 is 0 Å². The molecule has 7 heteroatoms. The number of carbonyl (C=O) groups is 1. The Labute approximate surface area is 185 Å². The Balaban J connectivity index is 1.19. The first-order valence-corrected chi connectivity index (χ1v) is 10.4. The van der Waals surface area contributed by atoms with Crippen LogP contribution in [0.4, 0.5) is 0 Å². The fourth-order valence-corrected chi connectivity index (χ4v) is 3.69. The van der Waals surface area contributed by atoms with E-state index in [-0.39, 0.29) is 5.91 Å². The number of hydrogen-bond acceptors (Lipinski definition) is 4. The predicted molar refractivity (Wildman–Crippen MR) is 122 cm³/mol. The molecule has 0 atom stereocenters. The van der Waals surface area contributed by atoms with Gasteiger partial charge >= 0.3 is 0 Å². The first kappa shape index (κ1) is 19.8. The molecule has 1 amide bonds. The Hall–Kier alpha value is -4.13. The Morgan fingerprint density at radius 1 is 0.969 bits per heavy atom. The van der Waals surface area contributed by atoms with Crippen LogP contribution in [0.3, 0.4) is 0 Å². The number of benzene rings is 1. The molecule has 0 saturated carbocycles. The first-order chi connectivity index (χ1) is 15.6. The largest absolute Gasteiger partial charge is 0.487 e. The van der Waals surface area contributed by atoms with Gasteiger partial charge in [-0.2, -0.15) is 0 Å². The maximum absolute atomic E-state index is 12.5. The summed E-state index contributed by atoms with van der Waals surface area (Å²) in [5.41, 5.74) is 6.25. The van der Waals surface area contributed by atoms with Crippen molar-refractivity contribution in [2.75, 3.05) is 0 Å². The van der Waals surface area contributed by atoms with E-state index in [1.807, 2.05) is 71.6 Å². The van der Waals surface area contributed by atoms with Crippen molar-refractivity contribution in [3.05, 3.63) is 101 Å². The van der Waals surface area contributed by atoms with Crippen molar-refractivity contribution in [3.8, 4) is 5.75 Å². The van der Waals surface area contributed by atoms with E-state index in [0.717, 1.165) is 33.9 Å². The number of fused-ring (bicyclic) bond motifs is 2. The Bertz CT molecular complexity index is 1420. The molecule has 4 aromatic heterocycles. The lowest BCUT2D eigenvalue weighted by atomic mass is 10.2. The number of hydrogen-bond donors (Lipinski definition) is 1. The van der Waals surface area contributed by atoms with Crippen molar-refractivity contribution < 1.29 is 9.53 Å². The van der Waals surface area contributed by atoms with E-state index in [1.54, 1.807) is 24.3 Å². The predicted octanol–water partition coefficient (Wildman–Crippen LogP) is 4.11. The molecule has 4 heterocycles. The molecule has 160 valence electrons. The van der Waals surface area contributed by atoms with Crippen LogP contribution in [0, 0.1) is 13.8 Å². The summed E-state index contributed by atoms with van der Waals surface area (Å²) in [4.78, 5) is 21.7. The van der Waals surface area contributed by atoms with Gasteiger partial charge in [0.25, 0.3) is 5.91 Å². The van der Waals surface area contributed by atoms with E-state index in [1.165, 1.54) is 0 Å². The second kappa shape index (κ2) is 8.19. The quantitative estimate of drug-likeness (QED) is 0.444. The van der Waals surface area contributed by atoms with Crippen molar-refractivity contribution >= 4 is 17.2 Å². The van der Waals surface area contributed by atoms with E-state index < -0.39 is 0 Å². The topological polar surface area (TPSA) is 72.9 Å². The number of aryl methyl sites for hydroxylation is 2. The summed E-state index contributed by atoms with van der Waals surface area (Å²) in [6.07, 6.45) is 5.88. The van der Waals surface area contributed by atoms with Crippen LogP contribution in [0.5, 0.6) is 5.75 Å². The molecule has 0 fully saturated rings. The summed E-state index contributed by atoms with van der Waals surface area (Å²) >= 11 is 0. The molecule has 0 aliphatic carbocycles. The number of imidazole rings is 2. The van der Waals surface area contributed by atoms with Gasteiger partial charge in [-0.1, -0.05) is 12.1 Å². The fraction of sp³-hybridized carbons (Fsp3) is 0.160. The lowest BCUT2D eigenvalue weighted by Gasteiger charge is -2.06. The average molecular weight is 425 g/mol. The van der Waals surface area contributed by atoms with Gasteiger partial charge in [0.1, 0.15) is 23.7 Å². The van der Waals surface area contributed by atoms with Crippen LogP contribution in [0.1, 0.15) is 33.0 Å². The minimum absolute atomic E-state index is 0.152. The number of ether oxygens (including phenoxy) is 1. The second-order valence-corrected chi connectivity index (χ2v) is 7.78. The zero-order valence-corrected chi connectivity index (χ0v) is 17.9. The van der Waals surface area contributed by atoms with Crippen molar-refractivity contribution in [2.24, 2.45) is 0 Å². The standard InChI is InChI=1S/C25H23N5O2/c1-17-5-4-12-29-14-21(28-24(17)29)16-32-22-10-8-19(9-11-22)25(31)26-13-20-15-30-18(2)6-3-7-23(30)27-20/h3-12,14-15H,13,16H2,1-2H3,(H,26,31). The molecular weight excluding hydrogens is 402 g/mol. The SMILES string of the molecule is Cc1cccn2cc(COc3ccc(C(=O)NCc4cn5c(C)cccc5n4)cc3)nc12. The molecule has 7 nitrogen and oxygen atoms in total. The van der Waals surface area contributed by atoms with Crippen molar-refractivity contribution in [3.63, 3.8) is 0 Å². The molecule has 32 heavy (non-hydrogen) atoms. The number of carbonyl (C=O) groups excluding carboxylic acids is 1. The van der Waals surface area contributed by atoms with E-state index in [9.17, 15) is 4.79 Å². The molecule has 0 radical (unpaired) electrons. The number of nitrogens with one attached hydrogen (secondary N) is 1. The van der Waals surface area contributed by atoms with Crippen LogP contribution in [0.2, 0.25) is 0 Å². The van der Waals surface area contributed by atoms with Crippen molar-refractivity contribution in [1.82, 2.24) is 24.1 Å². The van der Waals surface area contributed by atoms with Crippen LogP contribution in [0.15, 0.2) is 73.2 Å². The fourth-order valence-electron chi connectivity index (χ4n) is 3.69. The van der Waals surface area contributed by atoms with E-state index >= 15 is 0 Å². The molecule has 0 bridgehead atoms. The molecule has 0 aliphatic heterocycles. The summed E-state index contributed by atoms with van der Waals surface area (Å²) in [6.45, 7) is 4.79. The molecule has 0 saturated heterocycles. The molecule has 1 aromatic carbocycles. The molecule has 0 spiro atoms. The lowest BCUT2D eigenvalue weighted by molar-refractivity contribution is 0.0950. The van der Waals surface area contributed by atoms with Gasteiger partial charge in [-0.05, 0) is 61.9 Å². The van der Waals surface area contributed by atoms with Gasteiger partial charge < -0.3 is 18.9 Å². The van der Waals surface area contributed by atoms with Gasteiger partial charge in [0.2, 0.25) is 0 Å². The summed E-state index contributed by atoms with van der Waals surface area (Å²) in [6, 6.07) is 17.1. The van der Waals surface area contributed by atoms with Crippen molar-refractivity contribution in [2.45, 2.75) is 27.0 Å². The molecule has 1 N–H and O–H groups in total. The van der Waals surface area contributed by atoms with Crippen LogP contribution < -0.4 is 10.1 Å². The smallest absolute Gasteiger partial charge is 0.251 e. The highest BCUT2D eigenvalue weighted by Gasteiger charge is 2.09. The highest BCUT2D eigenvalue weighted by Crippen LogP contribution is 2.16. The minimum Gasteiger partial charge on any atom is -0.487 e. The van der Waals surface area contributed by atoms with Gasteiger partial charge in [0, 0.05) is 29.8 Å². The lowest BCUT2D eigenvalue weighted by Crippen LogP contribution is -2.22. The third-order valence-electron chi connectivity index (χ3n) is 5.41. The number of aromatic nitrogens is 4. The van der Waals surface area contributed by atoms with E-state index in [2.05, 4.69) is 15.3 Å². The maximum atomic E-state index is 12.5. The van der Waals surface area contributed by atoms with Gasteiger partial charge in [0.15, 0.2) is 0 Å². The normalized spacial score (nSPS) is 11.2. The molecule has 5 rings (SSSR count). The molecule has 0 aliphatic rings. The second-order valence-electron chi connectivity index (χ2n) is 7.78.